The standard InChI is InChI=1S/C12H20N2O/c1-9-7-10(8-14-11(9)15-4)12(2,3)5-6-13/h7-8H,5-6,13H2,1-4H3. The molecule has 0 spiro atoms. The van der Waals surface area contributed by atoms with Gasteiger partial charge in [-0.25, -0.2) is 4.98 Å². The average Bonchev–Trinajstić information content (AvgIpc) is 2.17. The van der Waals surface area contributed by atoms with Crippen molar-refractivity contribution in [1.29, 1.82) is 0 Å². The lowest BCUT2D eigenvalue weighted by Gasteiger charge is -2.24. The second-order valence-electron chi connectivity index (χ2n) is 4.47. The summed E-state index contributed by atoms with van der Waals surface area (Å²) in [6.45, 7) is 7.07. The molecule has 84 valence electrons. The topological polar surface area (TPSA) is 48.1 Å². The highest BCUT2D eigenvalue weighted by molar-refractivity contribution is 5.32. The van der Waals surface area contributed by atoms with Crippen molar-refractivity contribution in [3.05, 3.63) is 23.4 Å². The van der Waals surface area contributed by atoms with E-state index in [1.54, 1.807) is 7.11 Å². The third-order valence-electron chi connectivity index (χ3n) is 2.77. The molecule has 0 saturated heterocycles. The number of aryl methyl sites for hydroxylation is 1. The van der Waals surface area contributed by atoms with E-state index in [2.05, 4.69) is 24.9 Å². The van der Waals surface area contributed by atoms with Crippen LogP contribution >= 0.6 is 0 Å². The van der Waals surface area contributed by atoms with E-state index in [4.69, 9.17) is 10.5 Å². The Morgan fingerprint density at radius 1 is 1.47 bits per heavy atom. The molecule has 0 radical (unpaired) electrons. The van der Waals surface area contributed by atoms with Gasteiger partial charge in [0.2, 0.25) is 5.88 Å². The lowest BCUT2D eigenvalue weighted by molar-refractivity contribution is 0.392. The van der Waals surface area contributed by atoms with Crippen LogP contribution in [0, 0.1) is 6.92 Å². The summed E-state index contributed by atoms with van der Waals surface area (Å²) in [6.07, 6.45) is 2.84. The minimum Gasteiger partial charge on any atom is -0.481 e. The van der Waals surface area contributed by atoms with Gasteiger partial charge in [0, 0.05) is 11.8 Å². The van der Waals surface area contributed by atoms with E-state index in [1.165, 1.54) is 5.56 Å². The van der Waals surface area contributed by atoms with Gasteiger partial charge in [-0.05, 0) is 36.9 Å². The zero-order valence-electron chi connectivity index (χ0n) is 10.0. The lowest BCUT2D eigenvalue weighted by atomic mass is 9.82. The quantitative estimate of drug-likeness (QED) is 0.823. The minimum atomic E-state index is 0.0821. The number of hydrogen-bond acceptors (Lipinski definition) is 3. The van der Waals surface area contributed by atoms with Crippen LogP contribution in [0.4, 0.5) is 0 Å². The SMILES string of the molecule is COc1ncc(C(C)(C)CCN)cc1C. The number of methoxy groups -OCH3 is 1. The molecular formula is C12H20N2O. The third kappa shape index (κ3) is 2.69. The fourth-order valence-electron chi connectivity index (χ4n) is 1.65. The van der Waals surface area contributed by atoms with Gasteiger partial charge in [-0.15, -0.1) is 0 Å². The summed E-state index contributed by atoms with van der Waals surface area (Å²) < 4.78 is 5.14. The first kappa shape index (κ1) is 12.0. The molecule has 0 saturated carbocycles. The van der Waals surface area contributed by atoms with Crippen LogP contribution < -0.4 is 10.5 Å². The zero-order chi connectivity index (χ0) is 11.5. The van der Waals surface area contributed by atoms with Gasteiger partial charge in [0.05, 0.1) is 7.11 Å². The Kier molecular flexibility index (Phi) is 3.69. The molecule has 1 aromatic rings. The predicted octanol–water partition coefficient (Wildman–Crippen LogP) is 2.03. The second-order valence-corrected chi connectivity index (χ2v) is 4.47. The van der Waals surface area contributed by atoms with E-state index in [0.29, 0.717) is 12.4 Å². The average molecular weight is 208 g/mol. The molecule has 0 amide bonds. The fraction of sp³-hybridized carbons (Fsp3) is 0.583. The molecule has 1 aromatic heterocycles. The van der Waals surface area contributed by atoms with Crippen molar-refractivity contribution in [3.63, 3.8) is 0 Å². The number of hydrogen-bond donors (Lipinski definition) is 1. The van der Waals surface area contributed by atoms with Crippen molar-refractivity contribution >= 4 is 0 Å². The zero-order valence-corrected chi connectivity index (χ0v) is 10.0. The first-order valence-corrected chi connectivity index (χ1v) is 5.22. The van der Waals surface area contributed by atoms with Gasteiger partial charge in [-0.2, -0.15) is 0 Å². The summed E-state index contributed by atoms with van der Waals surface area (Å²) in [7, 11) is 1.64. The minimum absolute atomic E-state index is 0.0821. The monoisotopic (exact) mass is 208 g/mol. The Labute approximate surface area is 91.7 Å². The molecule has 0 aliphatic heterocycles. The van der Waals surface area contributed by atoms with Crippen LogP contribution in [-0.2, 0) is 5.41 Å². The van der Waals surface area contributed by atoms with Crippen LogP contribution in [0.15, 0.2) is 12.3 Å². The molecule has 0 aliphatic carbocycles. The van der Waals surface area contributed by atoms with E-state index in [-0.39, 0.29) is 5.41 Å². The Bertz CT molecular complexity index is 334. The highest BCUT2D eigenvalue weighted by Gasteiger charge is 2.20. The molecule has 3 heteroatoms. The number of pyridine rings is 1. The van der Waals surface area contributed by atoms with Gasteiger partial charge in [0.25, 0.3) is 0 Å². The number of ether oxygens (including phenoxy) is 1. The van der Waals surface area contributed by atoms with E-state index in [9.17, 15) is 0 Å². The van der Waals surface area contributed by atoms with Crippen LogP contribution in [-0.4, -0.2) is 18.6 Å². The van der Waals surface area contributed by atoms with Crippen molar-refractivity contribution in [3.8, 4) is 5.88 Å². The summed E-state index contributed by atoms with van der Waals surface area (Å²) in [4.78, 5) is 4.28. The summed E-state index contributed by atoms with van der Waals surface area (Å²) in [5.41, 5.74) is 7.97. The predicted molar refractivity (Wildman–Crippen MR) is 62.2 cm³/mol. The number of nitrogens with zero attached hydrogens (tertiary/aromatic N) is 1. The molecule has 1 heterocycles. The van der Waals surface area contributed by atoms with Gasteiger partial charge in [0.15, 0.2) is 0 Å². The smallest absolute Gasteiger partial charge is 0.215 e. The first-order valence-electron chi connectivity index (χ1n) is 5.22. The molecule has 2 N–H and O–H groups in total. The third-order valence-corrected chi connectivity index (χ3v) is 2.77. The summed E-state index contributed by atoms with van der Waals surface area (Å²) >= 11 is 0. The molecule has 0 aliphatic rings. The fourth-order valence-corrected chi connectivity index (χ4v) is 1.65. The van der Waals surface area contributed by atoms with E-state index in [0.717, 1.165) is 12.0 Å². The maximum Gasteiger partial charge on any atom is 0.215 e. The maximum atomic E-state index is 5.60. The largest absolute Gasteiger partial charge is 0.481 e. The highest BCUT2D eigenvalue weighted by atomic mass is 16.5. The lowest BCUT2D eigenvalue weighted by Crippen LogP contribution is -2.22. The molecular weight excluding hydrogens is 188 g/mol. The second kappa shape index (κ2) is 4.62. The highest BCUT2D eigenvalue weighted by Crippen LogP contribution is 2.28. The van der Waals surface area contributed by atoms with Gasteiger partial charge >= 0.3 is 0 Å². The normalized spacial score (nSPS) is 11.5. The van der Waals surface area contributed by atoms with Crippen LogP contribution in [0.5, 0.6) is 5.88 Å². The van der Waals surface area contributed by atoms with Gasteiger partial charge in [-0.3, -0.25) is 0 Å². The van der Waals surface area contributed by atoms with Crippen molar-refractivity contribution in [2.24, 2.45) is 5.73 Å². The number of rotatable bonds is 4. The van der Waals surface area contributed by atoms with Crippen LogP contribution in [0.25, 0.3) is 0 Å². The van der Waals surface area contributed by atoms with E-state index in [1.807, 2.05) is 13.1 Å². The first-order chi connectivity index (χ1) is 7.01. The van der Waals surface area contributed by atoms with Crippen LogP contribution in [0.3, 0.4) is 0 Å². The molecule has 0 atom stereocenters. The molecule has 0 fully saturated rings. The molecule has 0 aromatic carbocycles. The Morgan fingerprint density at radius 2 is 2.13 bits per heavy atom. The maximum absolute atomic E-state index is 5.60. The summed E-state index contributed by atoms with van der Waals surface area (Å²) in [5, 5.41) is 0. The summed E-state index contributed by atoms with van der Waals surface area (Å²) in [6, 6.07) is 2.13. The van der Waals surface area contributed by atoms with Gasteiger partial charge in [0.1, 0.15) is 0 Å². The van der Waals surface area contributed by atoms with Crippen LogP contribution in [0.1, 0.15) is 31.4 Å². The molecule has 0 bridgehead atoms. The Morgan fingerprint density at radius 3 is 2.60 bits per heavy atom. The van der Waals surface area contributed by atoms with E-state index >= 15 is 0 Å². The molecule has 15 heavy (non-hydrogen) atoms. The van der Waals surface area contributed by atoms with Crippen molar-refractivity contribution in [2.45, 2.75) is 32.6 Å². The van der Waals surface area contributed by atoms with Crippen molar-refractivity contribution in [1.82, 2.24) is 4.98 Å². The molecule has 0 unspecified atom stereocenters. The van der Waals surface area contributed by atoms with Crippen molar-refractivity contribution < 1.29 is 4.74 Å². The number of nitrogens with two attached hydrogens (primary N) is 1. The molecule has 1 rings (SSSR count). The van der Waals surface area contributed by atoms with Crippen molar-refractivity contribution in [2.75, 3.05) is 13.7 Å². The van der Waals surface area contributed by atoms with Crippen LogP contribution in [0.2, 0.25) is 0 Å². The summed E-state index contributed by atoms with van der Waals surface area (Å²) in [5.74, 6) is 0.697. The number of aromatic nitrogens is 1. The van der Waals surface area contributed by atoms with Gasteiger partial charge in [-0.1, -0.05) is 13.8 Å². The van der Waals surface area contributed by atoms with E-state index < -0.39 is 0 Å². The Balaban J connectivity index is 3.01. The Hall–Kier alpha value is -1.09. The van der Waals surface area contributed by atoms with Gasteiger partial charge < -0.3 is 10.5 Å². The molecule has 3 nitrogen and oxygen atoms in total.